The molecule has 3 aromatic carbocycles. The predicted octanol–water partition coefficient (Wildman–Crippen LogP) is 8.02. The lowest BCUT2D eigenvalue weighted by atomic mass is 9.63. The monoisotopic (exact) mass is 579 g/mol. The summed E-state index contributed by atoms with van der Waals surface area (Å²) in [7, 11) is 2.00. The van der Waals surface area contributed by atoms with Crippen LogP contribution in [0, 0.1) is 24.6 Å². The number of aromatic nitrogens is 2. The van der Waals surface area contributed by atoms with Gasteiger partial charge in [-0.15, -0.1) is 0 Å². The third-order valence-corrected chi connectivity index (χ3v) is 9.31. The van der Waals surface area contributed by atoms with Gasteiger partial charge in [0.25, 0.3) is 0 Å². The van der Waals surface area contributed by atoms with E-state index in [2.05, 4.69) is 57.3 Å². The van der Waals surface area contributed by atoms with Crippen LogP contribution in [0.25, 0.3) is 22.2 Å². The number of ether oxygens (including phenoxy) is 1. The Balaban J connectivity index is 1.25. The molecule has 9 heteroatoms. The minimum absolute atomic E-state index is 0.0139. The maximum Gasteiger partial charge on any atom is 0.416 e. The normalized spacial score (nSPS) is 24.4. The summed E-state index contributed by atoms with van der Waals surface area (Å²) >= 11 is 0. The lowest BCUT2D eigenvalue weighted by molar-refractivity contribution is -0.137. The van der Waals surface area contributed by atoms with E-state index in [1.165, 1.54) is 0 Å². The van der Waals surface area contributed by atoms with Crippen molar-refractivity contribution in [2.24, 2.45) is 18.9 Å². The molecule has 2 aliphatic rings. The van der Waals surface area contributed by atoms with Crippen LogP contribution in [0.3, 0.4) is 0 Å². The maximum atomic E-state index is 14.6. The van der Waals surface area contributed by atoms with E-state index in [4.69, 9.17) is 4.74 Å². The smallest absolute Gasteiger partial charge is 0.375 e. The molecule has 0 radical (unpaired) electrons. The molecule has 1 spiro atoms. The number of nitrogens with zero attached hydrogens (tertiary/aromatic N) is 2. The first-order chi connectivity index (χ1) is 19.9. The summed E-state index contributed by atoms with van der Waals surface area (Å²) in [5.74, 6) is -1.16. The second kappa shape index (κ2) is 10.5. The minimum Gasteiger partial charge on any atom is -0.375 e. The van der Waals surface area contributed by atoms with Crippen LogP contribution in [0.15, 0.2) is 60.7 Å². The predicted molar refractivity (Wildman–Crippen MR) is 153 cm³/mol. The number of alkyl halides is 3. The molecule has 1 amide bonds. The molecule has 2 fully saturated rings. The molecule has 1 aliphatic heterocycles. The van der Waals surface area contributed by atoms with Crippen molar-refractivity contribution < 1.29 is 27.1 Å². The number of nitrogens with one attached hydrogen (secondary N) is 1. The molecular formula is C33H33F4N3O2. The number of halogens is 4. The fraction of sp³-hybridized carbons (Fsp3) is 0.394. The van der Waals surface area contributed by atoms with Crippen molar-refractivity contribution in [1.82, 2.24) is 9.55 Å². The van der Waals surface area contributed by atoms with Crippen LogP contribution in [0.1, 0.15) is 55.5 Å². The van der Waals surface area contributed by atoms with Crippen LogP contribution in [0.4, 0.5) is 23.2 Å². The average molecular weight is 580 g/mol. The van der Waals surface area contributed by atoms with Gasteiger partial charge < -0.3 is 14.6 Å². The number of hydrogen-bond donors (Lipinski definition) is 1. The molecule has 42 heavy (non-hydrogen) atoms. The second-order valence-corrected chi connectivity index (χ2v) is 11.8. The number of anilines is 1. The highest BCUT2D eigenvalue weighted by Crippen LogP contribution is 2.51. The number of rotatable bonds is 4. The number of amides is 1. The van der Waals surface area contributed by atoms with E-state index in [1.54, 1.807) is 0 Å². The van der Waals surface area contributed by atoms with Gasteiger partial charge in [0.2, 0.25) is 5.91 Å². The number of hydrogen-bond acceptors (Lipinski definition) is 3. The maximum absolute atomic E-state index is 14.6. The topological polar surface area (TPSA) is 56.1 Å². The van der Waals surface area contributed by atoms with Gasteiger partial charge in [-0.25, -0.2) is 9.37 Å². The van der Waals surface area contributed by atoms with Crippen LogP contribution >= 0.6 is 0 Å². The SMILES string of the molecule is Cc1nc2cc(-c3ccc(C4C[C@]5(CCCO5)CC(C(=O)Nc5ccc(C(F)(F)F)cc5F)[C@@H]4C)cc3)ccc2n1C. The lowest BCUT2D eigenvalue weighted by Crippen LogP contribution is -2.46. The molecule has 6 rings (SSSR count). The van der Waals surface area contributed by atoms with Crippen molar-refractivity contribution in [3.05, 3.63) is 83.4 Å². The average Bonchev–Trinajstić information content (AvgIpc) is 3.53. The zero-order valence-electron chi connectivity index (χ0n) is 23.8. The van der Waals surface area contributed by atoms with Crippen LogP contribution in [-0.2, 0) is 22.8 Å². The fourth-order valence-corrected chi connectivity index (χ4v) is 6.81. The third-order valence-electron chi connectivity index (χ3n) is 9.31. The molecule has 1 aliphatic carbocycles. The molecule has 2 heterocycles. The highest BCUT2D eigenvalue weighted by Gasteiger charge is 2.49. The highest BCUT2D eigenvalue weighted by atomic mass is 19.4. The van der Waals surface area contributed by atoms with E-state index in [1.807, 2.05) is 20.9 Å². The lowest BCUT2D eigenvalue weighted by Gasteiger charge is -2.45. The number of carbonyl (C=O) groups is 1. The summed E-state index contributed by atoms with van der Waals surface area (Å²) in [4.78, 5) is 18.2. The Kier molecular flexibility index (Phi) is 7.12. The first-order valence-corrected chi connectivity index (χ1v) is 14.3. The van der Waals surface area contributed by atoms with Gasteiger partial charge in [0.15, 0.2) is 0 Å². The Morgan fingerprint density at radius 2 is 1.79 bits per heavy atom. The van der Waals surface area contributed by atoms with E-state index in [0.717, 1.165) is 64.9 Å². The van der Waals surface area contributed by atoms with Crippen molar-refractivity contribution in [2.45, 2.75) is 57.2 Å². The first-order valence-electron chi connectivity index (χ1n) is 14.3. The largest absolute Gasteiger partial charge is 0.416 e. The number of aryl methyl sites for hydroxylation is 2. The van der Waals surface area contributed by atoms with Crippen LogP contribution in [0.2, 0.25) is 0 Å². The van der Waals surface area contributed by atoms with Crippen LogP contribution in [-0.4, -0.2) is 27.7 Å². The van der Waals surface area contributed by atoms with E-state index in [-0.39, 0.29) is 17.5 Å². The molecule has 2 unspecified atom stereocenters. The Morgan fingerprint density at radius 3 is 2.45 bits per heavy atom. The minimum atomic E-state index is -4.67. The summed E-state index contributed by atoms with van der Waals surface area (Å²) in [6.07, 6.45) is -1.68. The quantitative estimate of drug-likeness (QED) is 0.249. The van der Waals surface area contributed by atoms with Crippen molar-refractivity contribution in [3.63, 3.8) is 0 Å². The van der Waals surface area contributed by atoms with Crippen molar-refractivity contribution >= 4 is 22.6 Å². The van der Waals surface area contributed by atoms with Gasteiger partial charge in [0.05, 0.1) is 27.9 Å². The van der Waals surface area contributed by atoms with E-state index in [9.17, 15) is 22.4 Å². The molecule has 1 saturated heterocycles. The molecular weight excluding hydrogens is 546 g/mol. The van der Waals surface area contributed by atoms with E-state index < -0.39 is 35.0 Å². The Morgan fingerprint density at radius 1 is 1.05 bits per heavy atom. The molecule has 4 atom stereocenters. The van der Waals surface area contributed by atoms with Gasteiger partial charge in [0, 0.05) is 19.6 Å². The molecule has 5 nitrogen and oxygen atoms in total. The Bertz CT molecular complexity index is 1640. The number of imidazole rings is 1. The van der Waals surface area contributed by atoms with Gasteiger partial charge in [-0.1, -0.05) is 37.3 Å². The van der Waals surface area contributed by atoms with Gasteiger partial charge in [-0.3, -0.25) is 4.79 Å². The zero-order chi connectivity index (χ0) is 29.8. The standard InChI is InChI=1S/C33H33F4N3O2/c1-19-25(22-7-5-21(6-8-22)23-9-12-30-29(15-23)38-20(2)40(30)3)17-32(13-4-14-42-32)18-26(19)31(41)39-28-11-10-24(16-27(28)34)33(35,36)37/h5-12,15-16,19,25-26H,4,13-14,17-18H2,1-3H3,(H,39,41)/t19-,25?,26?,32-/m1/s1. The third kappa shape index (κ3) is 5.19. The molecule has 1 N–H and O–H groups in total. The summed E-state index contributed by atoms with van der Waals surface area (Å²) in [5.41, 5.74) is 3.42. The molecule has 1 aromatic heterocycles. The molecule has 220 valence electrons. The van der Waals surface area contributed by atoms with Crippen molar-refractivity contribution in [2.75, 3.05) is 11.9 Å². The van der Waals surface area contributed by atoms with Crippen LogP contribution in [0.5, 0.6) is 0 Å². The summed E-state index contributed by atoms with van der Waals surface area (Å²) in [5, 5.41) is 2.57. The zero-order valence-corrected chi connectivity index (χ0v) is 23.8. The summed E-state index contributed by atoms with van der Waals surface area (Å²) < 4.78 is 61.9. The van der Waals surface area contributed by atoms with E-state index >= 15 is 0 Å². The number of fused-ring (bicyclic) bond motifs is 1. The van der Waals surface area contributed by atoms with Gasteiger partial charge in [-0.2, -0.15) is 13.2 Å². The van der Waals surface area contributed by atoms with Gasteiger partial charge in [-0.05, 0) is 91.5 Å². The summed E-state index contributed by atoms with van der Waals surface area (Å²) in [6, 6.07) is 16.8. The van der Waals surface area contributed by atoms with E-state index in [0.29, 0.717) is 19.1 Å². The number of benzene rings is 3. The van der Waals surface area contributed by atoms with Gasteiger partial charge >= 0.3 is 6.18 Å². The molecule has 4 aromatic rings. The second-order valence-electron chi connectivity index (χ2n) is 11.8. The first kappa shape index (κ1) is 28.4. The Labute approximate surface area is 241 Å². The highest BCUT2D eigenvalue weighted by molar-refractivity contribution is 5.93. The van der Waals surface area contributed by atoms with Crippen molar-refractivity contribution in [1.29, 1.82) is 0 Å². The molecule has 1 saturated carbocycles. The Hall–Kier alpha value is -3.72. The fourth-order valence-electron chi connectivity index (χ4n) is 6.81. The van der Waals surface area contributed by atoms with Gasteiger partial charge in [0.1, 0.15) is 11.6 Å². The van der Waals surface area contributed by atoms with Crippen molar-refractivity contribution in [3.8, 4) is 11.1 Å². The molecule has 0 bridgehead atoms. The summed E-state index contributed by atoms with van der Waals surface area (Å²) in [6.45, 7) is 4.62. The van der Waals surface area contributed by atoms with Crippen LogP contribution < -0.4 is 5.32 Å². The number of carbonyl (C=O) groups excluding carboxylic acids is 1.